The van der Waals surface area contributed by atoms with Gasteiger partial charge in [-0.3, -0.25) is 0 Å². The van der Waals surface area contributed by atoms with Crippen molar-refractivity contribution in [3.8, 4) is 11.4 Å². The van der Waals surface area contributed by atoms with Crippen molar-refractivity contribution >= 4 is 11.8 Å². The molecule has 2 N–H and O–H groups in total. The Morgan fingerprint density at radius 2 is 1.88 bits per heavy atom. The number of aromatic nitrogens is 5. The van der Waals surface area contributed by atoms with Crippen LogP contribution in [0.15, 0.2) is 33.9 Å². The van der Waals surface area contributed by atoms with Gasteiger partial charge in [0.1, 0.15) is 0 Å². The topological polar surface area (TPSA) is 95.7 Å². The Morgan fingerprint density at radius 3 is 2.46 bits per heavy atom. The fourth-order valence-corrected chi connectivity index (χ4v) is 3.26. The molecule has 0 amide bonds. The molecule has 0 spiro atoms. The molecule has 2 heterocycles. The van der Waals surface area contributed by atoms with Gasteiger partial charge in [0, 0.05) is 12.0 Å². The highest BCUT2D eigenvalue weighted by molar-refractivity contribution is 7.99. The van der Waals surface area contributed by atoms with E-state index in [2.05, 4.69) is 53.2 Å². The van der Waals surface area contributed by atoms with E-state index in [1.165, 1.54) is 22.0 Å². The standard InChI is InChI=1S/C18H24N6OS/c1-6-14-20-16(25-23-14)11(2)26-17-22-21-15(24(17)19)12-7-9-13(10-8-12)18(3,4)5/h7-11H,6,19H2,1-5H3. The van der Waals surface area contributed by atoms with Crippen molar-refractivity contribution in [2.24, 2.45) is 0 Å². The number of thioether (sulfide) groups is 1. The van der Waals surface area contributed by atoms with E-state index in [1.54, 1.807) is 0 Å². The number of nitrogens with zero attached hydrogens (tertiary/aromatic N) is 5. The Bertz CT molecular complexity index is 878. The van der Waals surface area contributed by atoms with Crippen molar-refractivity contribution in [1.29, 1.82) is 0 Å². The molecule has 0 aliphatic rings. The first-order valence-corrected chi connectivity index (χ1v) is 9.48. The molecule has 0 radical (unpaired) electrons. The highest BCUT2D eigenvalue weighted by atomic mass is 32.2. The lowest BCUT2D eigenvalue weighted by Gasteiger charge is -2.19. The average molecular weight is 372 g/mol. The van der Waals surface area contributed by atoms with E-state index in [0.29, 0.717) is 22.7 Å². The Morgan fingerprint density at radius 1 is 1.19 bits per heavy atom. The highest BCUT2D eigenvalue weighted by Crippen LogP contribution is 2.34. The van der Waals surface area contributed by atoms with E-state index in [-0.39, 0.29) is 10.7 Å². The number of nitrogens with two attached hydrogens (primary N) is 1. The van der Waals surface area contributed by atoms with Crippen LogP contribution in [0.5, 0.6) is 0 Å². The molecule has 0 bridgehead atoms. The lowest BCUT2D eigenvalue weighted by Crippen LogP contribution is -2.13. The molecule has 0 fully saturated rings. The van der Waals surface area contributed by atoms with Crippen LogP contribution in [-0.4, -0.2) is 25.0 Å². The third-order valence-electron chi connectivity index (χ3n) is 4.10. The lowest BCUT2D eigenvalue weighted by molar-refractivity contribution is 0.375. The minimum atomic E-state index is -0.0644. The molecule has 138 valence electrons. The number of benzene rings is 1. The summed E-state index contributed by atoms with van der Waals surface area (Å²) in [6.45, 7) is 10.5. The smallest absolute Gasteiger partial charge is 0.239 e. The van der Waals surface area contributed by atoms with Gasteiger partial charge in [-0.25, -0.2) is 4.68 Å². The van der Waals surface area contributed by atoms with Crippen LogP contribution in [0.4, 0.5) is 0 Å². The SMILES string of the molecule is CCc1noc(C(C)Sc2nnc(-c3ccc(C(C)(C)C)cc3)n2N)n1. The first kappa shape index (κ1) is 18.4. The van der Waals surface area contributed by atoms with Crippen LogP contribution in [0, 0.1) is 0 Å². The number of nitrogen functional groups attached to an aromatic ring is 1. The van der Waals surface area contributed by atoms with Gasteiger partial charge in [-0.05, 0) is 17.9 Å². The quantitative estimate of drug-likeness (QED) is 0.538. The Hall–Kier alpha value is -2.35. The predicted octanol–water partition coefficient (Wildman–Crippen LogP) is 3.76. The van der Waals surface area contributed by atoms with Gasteiger partial charge in [0.2, 0.25) is 11.0 Å². The van der Waals surface area contributed by atoms with Gasteiger partial charge in [-0.1, -0.05) is 68.9 Å². The molecule has 2 aromatic heterocycles. The summed E-state index contributed by atoms with van der Waals surface area (Å²) in [4.78, 5) is 4.36. The molecule has 3 rings (SSSR count). The Labute approximate surface area is 157 Å². The first-order chi connectivity index (χ1) is 12.3. The molecule has 0 aliphatic heterocycles. The summed E-state index contributed by atoms with van der Waals surface area (Å²) in [7, 11) is 0. The predicted molar refractivity (Wildman–Crippen MR) is 102 cm³/mol. The zero-order valence-corrected chi connectivity index (χ0v) is 16.5. The summed E-state index contributed by atoms with van der Waals surface area (Å²) in [5.41, 5.74) is 2.29. The van der Waals surface area contributed by atoms with Crippen LogP contribution in [-0.2, 0) is 11.8 Å². The molecule has 8 heteroatoms. The normalized spacial score (nSPS) is 13.1. The van der Waals surface area contributed by atoms with E-state index in [4.69, 9.17) is 10.4 Å². The van der Waals surface area contributed by atoms with E-state index >= 15 is 0 Å². The molecule has 3 aromatic rings. The number of hydrogen-bond donors (Lipinski definition) is 1. The van der Waals surface area contributed by atoms with Crippen molar-refractivity contribution in [1.82, 2.24) is 25.0 Å². The molecule has 0 aliphatic carbocycles. The molecule has 0 saturated carbocycles. The van der Waals surface area contributed by atoms with Crippen LogP contribution in [0.2, 0.25) is 0 Å². The van der Waals surface area contributed by atoms with Crippen LogP contribution in [0.3, 0.4) is 0 Å². The maximum absolute atomic E-state index is 6.22. The molecule has 1 atom stereocenters. The zero-order chi connectivity index (χ0) is 18.9. The Balaban J connectivity index is 1.79. The van der Waals surface area contributed by atoms with E-state index < -0.39 is 0 Å². The lowest BCUT2D eigenvalue weighted by atomic mass is 9.87. The Kier molecular flexibility index (Phi) is 5.04. The van der Waals surface area contributed by atoms with Gasteiger partial charge >= 0.3 is 0 Å². The van der Waals surface area contributed by atoms with Gasteiger partial charge in [-0.15, -0.1) is 10.2 Å². The van der Waals surface area contributed by atoms with Crippen LogP contribution in [0.25, 0.3) is 11.4 Å². The number of hydrogen-bond acceptors (Lipinski definition) is 7. The van der Waals surface area contributed by atoms with Gasteiger partial charge < -0.3 is 10.4 Å². The summed E-state index contributed by atoms with van der Waals surface area (Å²) in [5.74, 6) is 8.10. The fraction of sp³-hybridized carbons (Fsp3) is 0.444. The average Bonchev–Trinajstić information content (AvgIpc) is 3.22. The molecule has 1 aromatic carbocycles. The molecule has 7 nitrogen and oxygen atoms in total. The largest absolute Gasteiger partial charge is 0.338 e. The van der Waals surface area contributed by atoms with Crippen LogP contribution >= 0.6 is 11.8 Å². The zero-order valence-electron chi connectivity index (χ0n) is 15.7. The van der Waals surface area contributed by atoms with Crippen molar-refractivity contribution in [2.75, 3.05) is 5.84 Å². The molecule has 0 saturated heterocycles. The van der Waals surface area contributed by atoms with Crippen molar-refractivity contribution in [3.05, 3.63) is 41.5 Å². The first-order valence-electron chi connectivity index (χ1n) is 8.60. The van der Waals surface area contributed by atoms with Gasteiger partial charge in [0.15, 0.2) is 11.6 Å². The summed E-state index contributed by atoms with van der Waals surface area (Å²) >= 11 is 1.44. The second-order valence-corrected chi connectivity index (χ2v) is 8.47. The van der Waals surface area contributed by atoms with Crippen molar-refractivity contribution in [3.63, 3.8) is 0 Å². The van der Waals surface area contributed by atoms with Crippen LogP contribution in [0.1, 0.15) is 57.1 Å². The second kappa shape index (κ2) is 7.11. The maximum atomic E-state index is 6.22. The fourth-order valence-electron chi connectivity index (χ4n) is 2.46. The monoisotopic (exact) mass is 372 g/mol. The summed E-state index contributed by atoms with van der Waals surface area (Å²) in [6.07, 6.45) is 0.739. The molecular weight excluding hydrogens is 348 g/mol. The molecular formula is C18H24N6OS. The van der Waals surface area contributed by atoms with Crippen molar-refractivity contribution < 1.29 is 4.52 Å². The summed E-state index contributed by atoms with van der Waals surface area (Å²) in [5, 5.41) is 12.9. The highest BCUT2D eigenvalue weighted by Gasteiger charge is 2.20. The molecule has 1 unspecified atom stereocenters. The summed E-state index contributed by atoms with van der Waals surface area (Å²) in [6, 6.07) is 8.25. The van der Waals surface area contributed by atoms with Gasteiger partial charge in [0.25, 0.3) is 0 Å². The van der Waals surface area contributed by atoms with Crippen molar-refractivity contribution in [2.45, 2.75) is 56.9 Å². The van der Waals surface area contributed by atoms with Crippen LogP contribution < -0.4 is 5.84 Å². The molecule has 26 heavy (non-hydrogen) atoms. The van der Waals surface area contributed by atoms with Gasteiger partial charge in [-0.2, -0.15) is 4.98 Å². The number of rotatable bonds is 5. The minimum Gasteiger partial charge on any atom is -0.338 e. The third-order valence-corrected chi connectivity index (χ3v) is 5.15. The van der Waals surface area contributed by atoms with Gasteiger partial charge in [0.05, 0.1) is 5.25 Å². The minimum absolute atomic E-state index is 0.0644. The maximum Gasteiger partial charge on any atom is 0.239 e. The number of aryl methyl sites for hydroxylation is 1. The summed E-state index contributed by atoms with van der Waals surface area (Å²) < 4.78 is 6.79. The van der Waals surface area contributed by atoms with E-state index in [1.807, 2.05) is 26.0 Å². The van der Waals surface area contributed by atoms with E-state index in [0.717, 1.165) is 12.0 Å². The third kappa shape index (κ3) is 3.75. The van der Waals surface area contributed by atoms with E-state index in [9.17, 15) is 0 Å². The second-order valence-electron chi connectivity index (χ2n) is 7.17.